The van der Waals surface area contributed by atoms with E-state index in [1.807, 2.05) is 9.21 Å². The Morgan fingerprint density at radius 3 is 2.24 bits per heavy atom. The van der Waals surface area contributed by atoms with E-state index in [9.17, 15) is 22.2 Å². The molecule has 1 heterocycles. The summed E-state index contributed by atoms with van der Waals surface area (Å²) < 4.78 is 54.5. The monoisotopic (exact) mass is 533 g/mol. The molecule has 184 valence electrons. The maximum Gasteiger partial charge on any atom is 0.416 e. The van der Waals surface area contributed by atoms with Crippen molar-refractivity contribution in [2.75, 3.05) is 25.0 Å². The summed E-state index contributed by atoms with van der Waals surface area (Å²) >= 11 is 11.9. The van der Waals surface area contributed by atoms with Gasteiger partial charge in [-0.15, -0.1) is 0 Å². The van der Waals surface area contributed by atoms with Gasteiger partial charge in [-0.3, -0.25) is 9.69 Å². The molecule has 0 radical (unpaired) electrons. The summed E-state index contributed by atoms with van der Waals surface area (Å²) in [4.78, 5) is 14.6. The molecule has 2 fully saturated rings. The van der Waals surface area contributed by atoms with Crippen LogP contribution in [0.2, 0.25) is 10.0 Å². The van der Waals surface area contributed by atoms with Crippen molar-refractivity contribution in [3.63, 3.8) is 0 Å². The normalized spacial score (nSPS) is 18.8. The lowest BCUT2D eigenvalue weighted by Gasteiger charge is -2.37. The zero-order chi connectivity index (χ0) is 24.5. The molecule has 0 bridgehead atoms. The number of benzene rings is 2. The summed E-state index contributed by atoms with van der Waals surface area (Å²) in [7, 11) is -1.67. The largest absolute Gasteiger partial charge is 0.416 e. The lowest BCUT2D eigenvalue weighted by molar-refractivity contribution is -0.137. The molecule has 1 aliphatic carbocycles. The van der Waals surface area contributed by atoms with Crippen molar-refractivity contribution in [1.82, 2.24) is 9.21 Å². The Balaban J connectivity index is 1.35. The first-order valence-corrected chi connectivity index (χ1v) is 12.8. The van der Waals surface area contributed by atoms with Crippen LogP contribution in [0.15, 0.2) is 47.4 Å². The Hall–Kier alpha value is -1.65. The number of anilines is 1. The molecule has 1 saturated carbocycles. The Kier molecular flexibility index (Phi) is 7.89. The minimum atomic E-state index is -4.48. The van der Waals surface area contributed by atoms with E-state index in [0.717, 1.165) is 25.0 Å². The SMILES string of the molecule is O=C(CN1CCC(N(C2CC2)S(=O)c2cccc(C(F)(F)F)c2)CC1)Nc1cc(Cl)cc(Cl)c1. The Morgan fingerprint density at radius 2 is 1.65 bits per heavy atom. The molecule has 2 aromatic rings. The molecule has 2 aromatic carbocycles. The van der Waals surface area contributed by atoms with Gasteiger partial charge < -0.3 is 5.32 Å². The Bertz CT molecular complexity index is 1050. The van der Waals surface area contributed by atoms with E-state index in [1.165, 1.54) is 12.1 Å². The summed E-state index contributed by atoms with van der Waals surface area (Å²) in [6.45, 7) is 1.44. The van der Waals surface area contributed by atoms with Gasteiger partial charge in [-0.2, -0.15) is 13.2 Å². The fourth-order valence-electron chi connectivity index (χ4n) is 4.16. The molecule has 1 saturated heterocycles. The van der Waals surface area contributed by atoms with E-state index in [4.69, 9.17) is 23.2 Å². The zero-order valence-electron chi connectivity index (χ0n) is 18.2. The Morgan fingerprint density at radius 1 is 1.03 bits per heavy atom. The zero-order valence-corrected chi connectivity index (χ0v) is 20.5. The minimum absolute atomic E-state index is 0.0195. The van der Waals surface area contributed by atoms with Crippen LogP contribution >= 0.6 is 23.2 Å². The topological polar surface area (TPSA) is 52.7 Å². The predicted molar refractivity (Wildman–Crippen MR) is 127 cm³/mol. The van der Waals surface area contributed by atoms with Gasteiger partial charge in [0.05, 0.1) is 17.0 Å². The summed E-state index contributed by atoms with van der Waals surface area (Å²) in [6, 6.07) is 9.67. The Labute approximate surface area is 208 Å². The van der Waals surface area contributed by atoms with Gasteiger partial charge in [-0.1, -0.05) is 29.3 Å². The van der Waals surface area contributed by atoms with Gasteiger partial charge in [0.1, 0.15) is 11.0 Å². The number of amides is 1. The number of halogens is 5. The molecule has 11 heteroatoms. The van der Waals surface area contributed by atoms with Gasteiger partial charge in [0, 0.05) is 40.9 Å². The summed E-state index contributed by atoms with van der Waals surface area (Å²) in [5.41, 5.74) is -0.273. The van der Waals surface area contributed by atoms with Crippen LogP contribution in [0.5, 0.6) is 0 Å². The number of likely N-dealkylation sites (tertiary alicyclic amines) is 1. The minimum Gasteiger partial charge on any atom is -0.325 e. The van der Waals surface area contributed by atoms with Crippen LogP contribution in [-0.4, -0.2) is 51.0 Å². The van der Waals surface area contributed by atoms with Crippen molar-refractivity contribution in [2.45, 2.75) is 48.8 Å². The maximum absolute atomic E-state index is 13.3. The number of hydrogen-bond acceptors (Lipinski definition) is 3. The number of carbonyl (C=O) groups excluding carboxylic acids is 1. The average Bonchev–Trinajstić information content (AvgIpc) is 3.59. The summed E-state index contributed by atoms with van der Waals surface area (Å²) in [5, 5.41) is 3.65. The highest BCUT2D eigenvalue weighted by molar-refractivity contribution is 7.82. The third-order valence-corrected chi connectivity index (χ3v) is 7.96. The molecule has 1 unspecified atom stereocenters. The highest BCUT2D eigenvalue weighted by atomic mass is 35.5. The average molecular weight is 534 g/mol. The van der Waals surface area contributed by atoms with Crippen LogP contribution in [0.4, 0.5) is 18.9 Å². The third-order valence-electron chi connectivity index (χ3n) is 5.89. The molecule has 1 atom stereocenters. The van der Waals surface area contributed by atoms with Crippen molar-refractivity contribution in [3.8, 4) is 0 Å². The number of carbonyl (C=O) groups is 1. The van der Waals surface area contributed by atoms with Crippen molar-refractivity contribution in [2.24, 2.45) is 0 Å². The number of piperidine rings is 1. The van der Waals surface area contributed by atoms with Crippen LogP contribution in [0.1, 0.15) is 31.2 Å². The molecular formula is C23H24Cl2F3N3O2S. The highest BCUT2D eigenvalue weighted by Crippen LogP contribution is 2.36. The molecule has 1 aliphatic heterocycles. The first kappa shape index (κ1) is 25.4. The quantitative estimate of drug-likeness (QED) is 0.503. The molecule has 1 N–H and O–H groups in total. The molecule has 34 heavy (non-hydrogen) atoms. The first-order chi connectivity index (χ1) is 16.1. The van der Waals surface area contributed by atoms with Gasteiger partial charge in [0.15, 0.2) is 0 Å². The van der Waals surface area contributed by atoms with E-state index < -0.39 is 22.7 Å². The van der Waals surface area contributed by atoms with E-state index in [-0.39, 0.29) is 29.4 Å². The number of rotatable bonds is 7. The molecule has 4 rings (SSSR count). The smallest absolute Gasteiger partial charge is 0.325 e. The van der Waals surface area contributed by atoms with E-state index >= 15 is 0 Å². The van der Waals surface area contributed by atoms with Crippen LogP contribution in [0.3, 0.4) is 0 Å². The number of alkyl halides is 3. The lowest BCUT2D eigenvalue weighted by atomic mass is 10.0. The standard InChI is InChI=1S/C23H24Cl2F3N3O2S/c24-16-11-17(25)13-18(12-16)29-22(32)14-30-8-6-20(7-9-30)31(19-4-5-19)34(33)21-3-1-2-15(10-21)23(26,27)28/h1-3,10-13,19-20H,4-9,14H2,(H,29,32). The van der Waals surface area contributed by atoms with Gasteiger partial charge in [0.25, 0.3) is 0 Å². The molecule has 0 aromatic heterocycles. The molecular weight excluding hydrogens is 510 g/mol. The van der Waals surface area contributed by atoms with Crippen LogP contribution in [0.25, 0.3) is 0 Å². The second-order valence-corrected chi connectivity index (χ2v) is 10.8. The fourth-order valence-corrected chi connectivity index (χ4v) is 6.32. The fraction of sp³-hybridized carbons (Fsp3) is 0.435. The van der Waals surface area contributed by atoms with Gasteiger partial charge in [-0.05, 0) is 62.1 Å². The van der Waals surface area contributed by atoms with Crippen molar-refractivity contribution < 1.29 is 22.2 Å². The predicted octanol–water partition coefficient (Wildman–Crippen LogP) is 5.60. The van der Waals surface area contributed by atoms with E-state index in [2.05, 4.69) is 5.32 Å². The second-order valence-electron chi connectivity index (χ2n) is 8.58. The van der Waals surface area contributed by atoms with Crippen LogP contribution in [-0.2, 0) is 22.0 Å². The molecule has 2 aliphatic rings. The highest BCUT2D eigenvalue weighted by Gasteiger charge is 2.40. The molecule has 0 spiro atoms. The van der Waals surface area contributed by atoms with E-state index in [1.54, 1.807) is 18.2 Å². The molecule has 1 amide bonds. The summed E-state index contributed by atoms with van der Waals surface area (Å²) in [5.74, 6) is -0.191. The van der Waals surface area contributed by atoms with Gasteiger partial charge in [0.2, 0.25) is 5.91 Å². The third kappa shape index (κ3) is 6.51. The number of hydrogen-bond donors (Lipinski definition) is 1. The molecule has 5 nitrogen and oxygen atoms in total. The van der Waals surface area contributed by atoms with Crippen LogP contribution < -0.4 is 5.32 Å². The summed E-state index contributed by atoms with van der Waals surface area (Å²) in [6.07, 6.45) is -1.35. The van der Waals surface area contributed by atoms with Crippen molar-refractivity contribution in [1.29, 1.82) is 0 Å². The maximum atomic E-state index is 13.3. The van der Waals surface area contributed by atoms with Gasteiger partial charge in [-0.25, -0.2) is 8.51 Å². The lowest BCUT2D eigenvalue weighted by Crippen LogP contribution is -2.48. The number of nitrogens with one attached hydrogen (secondary N) is 1. The first-order valence-electron chi connectivity index (χ1n) is 11.0. The van der Waals surface area contributed by atoms with Crippen LogP contribution in [0, 0.1) is 0 Å². The van der Waals surface area contributed by atoms with Crippen molar-refractivity contribution >= 4 is 45.8 Å². The van der Waals surface area contributed by atoms with Crippen molar-refractivity contribution in [3.05, 3.63) is 58.1 Å². The second kappa shape index (κ2) is 10.5. The van der Waals surface area contributed by atoms with E-state index in [0.29, 0.717) is 41.7 Å². The van der Waals surface area contributed by atoms with Gasteiger partial charge >= 0.3 is 6.18 Å². The number of nitrogens with zero attached hydrogens (tertiary/aromatic N) is 2.